The van der Waals surface area contributed by atoms with Gasteiger partial charge in [-0.25, -0.2) is 4.98 Å². The predicted molar refractivity (Wildman–Crippen MR) is 117 cm³/mol. The first-order valence-corrected chi connectivity index (χ1v) is 9.41. The molecule has 0 atom stereocenters. The Kier molecular flexibility index (Phi) is 4.90. The average Bonchev–Trinajstić information content (AvgIpc) is 2.74. The van der Waals surface area contributed by atoms with Crippen molar-refractivity contribution in [3.63, 3.8) is 0 Å². The summed E-state index contributed by atoms with van der Waals surface area (Å²) in [6.45, 7) is 4.27. The lowest BCUT2D eigenvalue weighted by Crippen LogP contribution is -2.14. The third-order valence-electron chi connectivity index (χ3n) is 5.14. The van der Waals surface area contributed by atoms with Crippen LogP contribution >= 0.6 is 0 Å². The van der Waals surface area contributed by atoms with Gasteiger partial charge in [0.15, 0.2) is 0 Å². The highest BCUT2D eigenvalue weighted by atomic mass is 15.2. The SMILES string of the molecule is Cc1ccccc1-c1ccncc1N(C)c1ncccc1-c1ccccc1C. The molecule has 0 saturated heterocycles. The highest BCUT2D eigenvalue weighted by Gasteiger charge is 2.17. The van der Waals surface area contributed by atoms with Crippen LogP contribution in [0.3, 0.4) is 0 Å². The van der Waals surface area contributed by atoms with Crippen LogP contribution in [0.15, 0.2) is 85.3 Å². The Hall–Kier alpha value is -3.46. The summed E-state index contributed by atoms with van der Waals surface area (Å²) in [4.78, 5) is 11.3. The van der Waals surface area contributed by atoms with E-state index in [2.05, 4.69) is 91.4 Å². The normalized spacial score (nSPS) is 10.7. The maximum absolute atomic E-state index is 4.73. The Labute approximate surface area is 166 Å². The van der Waals surface area contributed by atoms with Crippen molar-refractivity contribution in [3.05, 3.63) is 96.4 Å². The summed E-state index contributed by atoms with van der Waals surface area (Å²) in [5.74, 6) is 0.916. The first-order chi connectivity index (χ1) is 13.7. The van der Waals surface area contributed by atoms with E-state index in [4.69, 9.17) is 4.98 Å². The molecule has 28 heavy (non-hydrogen) atoms. The minimum absolute atomic E-state index is 0.916. The maximum Gasteiger partial charge on any atom is 0.140 e. The van der Waals surface area contributed by atoms with E-state index in [1.165, 1.54) is 22.3 Å². The zero-order valence-electron chi connectivity index (χ0n) is 16.4. The van der Waals surface area contributed by atoms with E-state index >= 15 is 0 Å². The second kappa shape index (κ2) is 7.65. The number of anilines is 2. The fourth-order valence-electron chi connectivity index (χ4n) is 3.62. The van der Waals surface area contributed by atoms with Gasteiger partial charge in [0.25, 0.3) is 0 Å². The van der Waals surface area contributed by atoms with Crippen molar-refractivity contribution in [2.45, 2.75) is 13.8 Å². The fraction of sp³-hybridized carbons (Fsp3) is 0.120. The van der Waals surface area contributed by atoms with Crippen molar-refractivity contribution in [2.24, 2.45) is 0 Å². The Bertz CT molecular complexity index is 1030. The van der Waals surface area contributed by atoms with Gasteiger partial charge in [0.2, 0.25) is 0 Å². The third-order valence-corrected chi connectivity index (χ3v) is 5.14. The summed E-state index contributed by atoms with van der Waals surface area (Å²) in [5, 5.41) is 0. The second-order valence-electron chi connectivity index (χ2n) is 6.96. The van der Waals surface area contributed by atoms with Gasteiger partial charge >= 0.3 is 0 Å². The molecule has 0 bridgehead atoms. The van der Waals surface area contributed by atoms with E-state index in [1.807, 2.05) is 24.7 Å². The molecule has 2 aromatic carbocycles. The molecule has 0 spiro atoms. The highest BCUT2D eigenvalue weighted by molar-refractivity contribution is 5.87. The molecule has 4 aromatic rings. The molecule has 0 unspecified atom stereocenters. The van der Waals surface area contributed by atoms with Gasteiger partial charge in [-0.15, -0.1) is 0 Å². The molecule has 138 valence electrons. The molecule has 0 N–H and O–H groups in total. The summed E-state index contributed by atoms with van der Waals surface area (Å²) in [7, 11) is 2.06. The van der Waals surface area contributed by atoms with Gasteiger partial charge in [-0.1, -0.05) is 48.5 Å². The monoisotopic (exact) mass is 365 g/mol. The van der Waals surface area contributed by atoms with Crippen molar-refractivity contribution in [1.29, 1.82) is 0 Å². The van der Waals surface area contributed by atoms with Crippen molar-refractivity contribution in [2.75, 3.05) is 11.9 Å². The summed E-state index contributed by atoms with van der Waals surface area (Å²) in [6, 6.07) is 23.1. The van der Waals surface area contributed by atoms with E-state index in [9.17, 15) is 0 Å². The number of hydrogen-bond acceptors (Lipinski definition) is 3. The van der Waals surface area contributed by atoms with Crippen LogP contribution in [0.5, 0.6) is 0 Å². The van der Waals surface area contributed by atoms with E-state index < -0.39 is 0 Å². The number of pyridine rings is 2. The number of rotatable bonds is 4. The molecule has 2 heterocycles. The Morgan fingerprint density at radius 1 is 0.643 bits per heavy atom. The molecule has 0 aliphatic carbocycles. The van der Waals surface area contributed by atoms with Gasteiger partial charge < -0.3 is 4.90 Å². The summed E-state index contributed by atoms with van der Waals surface area (Å²) in [6.07, 6.45) is 5.61. The van der Waals surface area contributed by atoms with Crippen molar-refractivity contribution in [1.82, 2.24) is 9.97 Å². The fourth-order valence-corrected chi connectivity index (χ4v) is 3.62. The summed E-state index contributed by atoms with van der Waals surface area (Å²) >= 11 is 0. The van der Waals surface area contributed by atoms with Gasteiger partial charge in [0, 0.05) is 30.6 Å². The third kappa shape index (κ3) is 3.27. The minimum atomic E-state index is 0.916. The average molecular weight is 365 g/mol. The molecule has 0 aliphatic rings. The maximum atomic E-state index is 4.73. The Morgan fingerprint density at radius 3 is 1.93 bits per heavy atom. The first kappa shape index (κ1) is 17.9. The van der Waals surface area contributed by atoms with Gasteiger partial charge in [-0.2, -0.15) is 0 Å². The molecule has 0 aliphatic heterocycles. The quantitative estimate of drug-likeness (QED) is 0.431. The molecule has 3 heteroatoms. The lowest BCUT2D eigenvalue weighted by molar-refractivity contribution is 1.11. The highest BCUT2D eigenvalue weighted by Crippen LogP contribution is 2.38. The number of nitrogens with zero attached hydrogens (tertiary/aromatic N) is 3. The predicted octanol–water partition coefficient (Wildman–Crippen LogP) is 6.20. The molecular weight excluding hydrogens is 342 g/mol. The zero-order valence-corrected chi connectivity index (χ0v) is 16.4. The molecule has 4 rings (SSSR count). The van der Waals surface area contributed by atoms with Gasteiger partial charge in [-0.3, -0.25) is 4.98 Å². The Morgan fingerprint density at radius 2 is 1.25 bits per heavy atom. The van der Waals surface area contributed by atoms with Crippen LogP contribution < -0.4 is 4.90 Å². The van der Waals surface area contributed by atoms with E-state index in [0.29, 0.717) is 0 Å². The van der Waals surface area contributed by atoms with E-state index in [0.717, 1.165) is 22.6 Å². The van der Waals surface area contributed by atoms with E-state index in [-0.39, 0.29) is 0 Å². The van der Waals surface area contributed by atoms with E-state index in [1.54, 1.807) is 0 Å². The molecule has 0 fully saturated rings. The molecule has 2 aromatic heterocycles. The number of aryl methyl sites for hydroxylation is 2. The zero-order chi connectivity index (χ0) is 19.5. The Balaban J connectivity index is 1.86. The van der Waals surface area contributed by atoms with Gasteiger partial charge in [-0.05, 0) is 54.3 Å². The minimum Gasteiger partial charge on any atom is -0.327 e. The van der Waals surface area contributed by atoms with Crippen molar-refractivity contribution < 1.29 is 0 Å². The molecule has 3 nitrogen and oxygen atoms in total. The lowest BCUT2D eigenvalue weighted by Gasteiger charge is -2.24. The van der Waals surface area contributed by atoms with Crippen LogP contribution in [0, 0.1) is 13.8 Å². The number of benzene rings is 2. The van der Waals surface area contributed by atoms with Crippen molar-refractivity contribution in [3.8, 4) is 22.3 Å². The van der Waals surface area contributed by atoms with Crippen LogP contribution in [0.2, 0.25) is 0 Å². The molecular formula is C25H23N3. The molecule has 0 amide bonds. The lowest BCUT2D eigenvalue weighted by atomic mass is 9.98. The second-order valence-corrected chi connectivity index (χ2v) is 6.96. The summed E-state index contributed by atoms with van der Waals surface area (Å²) in [5.41, 5.74) is 8.17. The largest absolute Gasteiger partial charge is 0.327 e. The van der Waals surface area contributed by atoms with Gasteiger partial charge in [0.05, 0.1) is 11.9 Å². The first-order valence-electron chi connectivity index (χ1n) is 9.41. The van der Waals surface area contributed by atoms with Crippen LogP contribution in [0.25, 0.3) is 22.3 Å². The number of hydrogen-bond donors (Lipinski definition) is 0. The number of aromatic nitrogens is 2. The summed E-state index contributed by atoms with van der Waals surface area (Å²) < 4.78 is 0. The van der Waals surface area contributed by atoms with Crippen LogP contribution in [-0.2, 0) is 0 Å². The molecule has 0 saturated carbocycles. The van der Waals surface area contributed by atoms with Gasteiger partial charge in [0.1, 0.15) is 5.82 Å². The smallest absolute Gasteiger partial charge is 0.140 e. The van der Waals surface area contributed by atoms with Crippen LogP contribution in [-0.4, -0.2) is 17.0 Å². The topological polar surface area (TPSA) is 29.0 Å². The van der Waals surface area contributed by atoms with Crippen LogP contribution in [0.1, 0.15) is 11.1 Å². The van der Waals surface area contributed by atoms with Crippen molar-refractivity contribution >= 4 is 11.5 Å². The molecule has 0 radical (unpaired) electrons. The van der Waals surface area contributed by atoms with Crippen LogP contribution in [0.4, 0.5) is 11.5 Å². The standard InChI is InChI=1S/C25H23N3/c1-18-9-4-6-11-20(18)22-14-16-26-17-24(22)28(3)25-23(13-8-15-27-25)21-12-7-5-10-19(21)2/h4-17H,1-3H3.